The largest absolute Gasteiger partial charge is 0.480 e. The van der Waals surface area contributed by atoms with Gasteiger partial charge in [-0.1, -0.05) is 0 Å². The van der Waals surface area contributed by atoms with Gasteiger partial charge in [0, 0.05) is 19.6 Å². The third kappa shape index (κ3) is 2.48. The summed E-state index contributed by atoms with van der Waals surface area (Å²) in [5.74, 6) is -3.01. The second kappa shape index (κ2) is 5.20. The van der Waals surface area contributed by atoms with Crippen molar-refractivity contribution in [3.8, 4) is 6.07 Å². The molecular formula is C12H11F2N3O2. The molecule has 1 atom stereocenters. The van der Waals surface area contributed by atoms with Gasteiger partial charge in [0.05, 0.1) is 11.6 Å². The highest BCUT2D eigenvalue weighted by Crippen LogP contribution is 2.27. The highest BCUT2D eigenvalue weighted by atomic mass is 19.1. The number of halogens is 2. The lowest BCUT2D eigenvalue weighted by Gasteiger charge is -2.35. The number of anilines is 1. The monoisotopic (exact) mass is 267 g/mol. The minimum Gasteiger partial charge on any atom is -0.480 e. The summed E-state index contributed by atoms with van der Waals surface area (Å²) in [6.07, 6.45) is 0. The Balaban J connectivity index is 2.45. The molecule has 1 aliphatic heterocycles. The number of nitrogens with one attached hydrogen (secondary N) is 1. The standard InChI is InChI=1S/C12H11F2N3O2/c13-8-3-7(5-15)4-9(14)11(8)17-2-1-16-6-10(17)12(18)19/h3-4,10,16H,1-2,6H2,(H,18,19). The molecule has 0 spiro atoms. The van der Waals surface area contributed by atoms with E-state index in [1.165, 1.54) is 4.90 Å². The number of carboxylic acids is 1. The van der Waals surface area contributed by atoms with E-state index in [0.29, 0.717) is 6.54 Å². The molecule has 0 amide bonds. The van der Waals surface area contributed by atoms with Crippen LogP contribution in [0.15, 0.2) is 12.1 Å². The van der Waals surface area contributed by atoms with E-state index in [2.05, 4.69) is 5.32 Å². The first-order chi connectivity index (χ1) is 9.04. The molecule has 1 aliphatic rings. The zero-order valence-corrected chi connectivity index (χ0v) is 9.86. The molecule has 5 nitrogen and oxygen atoms in total. The maximum absolute atomic E-state index is 13.9. The minimum atomic E-state index is -1.16. The van der Waals surface area contributed by atoms with E-state index >= 15 is 0 Å². The molecular weight excluding hydrogens is 256 g/mol. The molecule has 1 saturated heterocycles. The van der Waals surface area contributed by atoms with Crippen LogP contribution in [0.3, 0.4) is 0 Å². The Morgan fingerprint density at radius 1 is 1.47 bits per heavy atom. The lowest BCUT2D eigenvalue weighted by molar-refractivity contribution is -0.138. The van der Waals surface area contributed by atoms with E-state index < -0.39 is 29.3 Å². The van der Waals surface area contributed by atoms with Gasteiger partial charge in [0.15, 0.2) is 11.6 Å². The average Bonchev–Trinajstić information content (AvgIpc) is 2.38. The lowest BCUT2D eigenvalue weighted by atomic mass is 10.1. The Kier molecular flexibility index (Phi) is 3.62. The van der Waals surface area contributed by atoms with Gasteiger partial charge in [-0.05, 0) is 12.1 Å². The number of aliphatic carboxylic acids is 1. The van der Waals surface area contributed by atoms with Gasteiger partial charge in [-0.25, -0.2) is 13.6 Å². The fourth-order valence-corrected chi connectivity index (χ4v) is 2.10. The van der Waals surface area contributed by atoms with Crippen LogP contribution in [-0.4, -0.2) is 36.8 Å². The SMILES string of the molecule is N#Cc1cc(F)c(N2CCNCC2C(=O)O)c(F)c1. The molecule has 0 radical (unpaired) electrons. The smallest absolute Gasteiger partial charge is 0.327 e. The molecule has 1 fully saturated rings. The summed E-state index contributed by atoms with van der Waals surface area (Å²) < 4.78 is 27.7. The molecule has 0 bridgehead atoms. The molecule has 7 heteroatoms. The summed E-state index contributed by atoms with van der Waals surface area (Å²) in [6, 6.07) is 2.41. The zero-order valence-electron chi connectivity index (χ0n) is 9.86. The normalized spacial score (nSPS) is 19.0. The highest BCUT2D eigenvalue weighted by molar-refractivity contribution is 5.79. The van der Waals surface area contributed by atoms with E-state index in [4.69, 9.17) is 10.4 Å². The number of nitrogens with zero attached hydrogens (tertiary/aromatic N) is 2. The quantitative estimate of drug-likeness (QED) is 0.825. The topological polar surface area (TPSA) is 76.4 Å². The van der Waals surface area contributed by atoms with E-state index in [0.717, 1.165) is 12.1 Å². The van der Waals surface area contributed by atoms with Crippen molar-refractivity contribution >= 4 is 11.7 Å². The van der Waals surface area contributed by atoms with Crippen molar-refractivity contribution in [1.82, 2.24) is 5.32 Å². The molecule has 19 heavy (non-hydrogen) atoms. The van der Waals surface area contributed by atoms with Crippen molar-refractivity contribution in [1.29, 1.82) is 5.26 Å². The van der Waals surface area contributed by atoms with E-state index in [9.17, 15) is 13.6 Å². The average molecular weight is 267 g/mol. The fraction of sp³-hybridized carbons (Fsp3) is 0.333. The minimum absolute atomic E-state index is 0.105. The van der Waals surface area contributed by atoms with Crippen LogP contribution in [0, 0.1) is 23.0 Å². The summed E-state index contributed by atoms with van der Waals surface area (Å²) >= 11 is 0. The molecule has 1 heterocycles. The summed E-state index contributed by atoms with van der Waals surface area (Å²) in [7, 11) is 0. The van der Waals surface area contributed by atoms with Gasteiger partial charge in [-0.15, -0.1) is 0 Å². The Bertz CT molecular complexity index is 533. The van der Waals surface area contributed by atoms with Crippen molar-refractivity contribution in [3.05, 3.63) is 29.3 Å². The van der Waals surface area contributed by atoms with E-state index in [1.807, 2.05) is 0 Å². The molecule has 2 N–H and O–H groups in total. The molecule has 2 rings (SSSR count). The molecule has 0 aromatic heterocycles. The first-order valence-electron chi connectivity index (χ1n) is 5.64. The number of piperazine rings is 1. The van der Waals surface area contributed by atoms with Crippen LogP contribution >= 0.6 is 0 Å². The van der Waals surface area contributed by atoms with Gasteiger partial charge in [-0.2, -0.15) is 5.26 Å². The van der Waals surface area contributed by atoms with Crippen molar-refractivity contribution in [2.24, 2.45) is 0 Å². The second-order valence-corrected chi connectivity index (χ2v) is 4.15. The van der Waals surface area contributed by atoms with E-state index in [-0.39, 0.29) is 18.7 Å². The number of benzene rings is 1. The van der Waals surface area contributed by atoms with Crippen LogP contribution in [0.25, 0.3) is 0 Å². The number of carbonyl (C=O) groups is 1. The highest BCUT2D eigenvalue weighted by Gasteiger charge is 2.32. The second-order valence-electron chi connectivity index (χ2n) is 4.15. The first kappa shape index (κ1) is 13.2. The Labute approximate surface area is 108 Å². The van der Waals surface area contributed by atoms with Crippen molar-refractivity contribution in [2.75, 3.05) is 24.5 Å². The van der Waals surface area contributed by atoms with E-state index in [1.54, 1.807) is 6.07 Å². The summed E-state index contributed by atoms with van der Waals surface area (Å²) in [5.41, 5.74) is -0.534. The van der Waals surface area contributed by atoms with Crippen LogP contribution in [0.2, 0.25) is 0 Å². The van der Waals surface area contributed by atoms with Crippen molar-refractivity contribution in [2.45, 2.75) is 6.04 Å². The molecule has 0 saturated carbocycles. The summed E-state index contributed by atoms with van der Waals surface area (Å²) in [4.78, 5) is 12.3. The number of rotatable bonds is 2. The number of nitriles is 1. The molecule has 100 valence electrons. The number of hydrogen-bond acceptors (Lipinski definition) is 4. The maximum Gasteiger partial charge on any atom is 0.327 e. The third-order valence-electron chi connectivity index (χ3n) is 2.96. The molecule has 1 aromatic carbocycles. The van der Waals surface area contributed by atoms with Gasteiger partial charge in [-0.3, -0.25) is 0 Å². The maximum atomic E-state index is 13.9. The number of carboxylic acid groups (broad SMARTS) is 1. The summed E-state index contributed by atoms with van der Waals surface area (Å²) in [5, 5.41) is 20.6. The van der Waals surface area contributed by atoms with Crippen LogP contribution in [0.4, 0.5) is 14.5 Å². The van der Waals surface area contributed by atoms with Crippen LogP contribution in [0.5, 0.6) is 0 Å². The van der Waals surface area contributed by atoms with Gasteiger partial charge in [0.1, 0.15) is 11.7 Å². The molecule has 0 aliphatic carbocycles. The first-order valence-corrected chi connectivity index (χ1v) is 5.64. The Hall–Kier alpha value is -2.20. The molecule has 1 unspecified atom stereocenters. The van der Waals surface area contributed by atoms with Crippen molar-refractivity contribution in [3.63, 3.8) is 0 Å². The van der Waals surface area contributed by atoms with Crippen molar-refractivity contribution < 1.29 is 18.7 Å². The van der Waals surface area contributed by atoms with Gasteiger partial charge in [0.2, 0.25) is 0 Å². The Morgan fingerprint density at radius 3 is 2.63 bits per heavy atom. The fourth-order valence-electron chi connectivity index (χ4n) is 2.10. The van der Waals surface area contributed by atoms with Gasteiger partial charge in [0.25, 0.3) is 0 Å². The third-order valence-corrected chi connectivity index (χ3v) is 2.96. The predicted molar refractivity (Wildman–Crippen MR) is 62.7 cm³/mol. The zero-order chi connectivity index (χ0) is 14.0. The van der Waals surface area contributed by atoms with Gasteiger partial charge >= 0.3 is 5.97 Å². The Morgan fingerprint density at radius 2 is 2.11 bits per heavy atom. The number of hydrogen-bond donors (Lipinski definition) is 2. The van der Waals surface area contributed by atoms with Gasteiger partial charge < -0.3 is 15.3 Å². The van der Waals surface area contributed by atoms with Crippen LogP contribution in [0.1, 0.15) is 5.56 Å². The van der Waals surface area contributed by atoms with Crippen LogP contribution < -0.4 is 10.2 Å². The summed E-state index contributed by atoms with van der Waals surface area (Å²) in [6.45, 7) is 0.716. The molecule has 1 aromatic rings. The van der Waals surface area contributed by atoms with Crippen LogP contribution in [-0.2, 0) is 4.79 Å². The predicted octanol–water partition coefficient (Wildman–Crippen LogP) is 0.699. The lowest BCUT2D eigenvalue weighted by Crippen LogP contribution is -2.55.